The number of nitrogens with one attached hydrogen (secondary N) is 2. The molecule has 0 aliphatic carbocycles. The molecule has 134 valence electrons. The largest absolute Gasteiger partial charge is 0.494 e. The second kappa shape index (κ2) is 6.03. The average molecular weight is 352 g/mol. The van der Waals surface area contributed by atoms with E-state index in [2.05, 4.69) is 22.6 Å². The van der Waals surface area contributed by atoms with E-state index in [9.17, 15) is 14.7 Å². The van der Waals surface area contributed by atoms with Gasteiger partial charge in [-0.3, -0.25) is 19.2 Å². The van der Waals surface area contributed by atoms with Crippen LogP contribution in [0.15, 0.2) is 46.5 Å². The maximum atomic E-state index is 12.6. The molecule has 0 amide bonds. The van der Waals surface area contributed by atoms with E-state index in [1.54, 1.807) is 0 Å². The van der Waals surface area contributed by atoms with Crippen LogP contribution in [0, 0.1) is 0 Å². The van der Waals surface area contributed by atoms with Gasteiger partial charge in [0.15, 0.2) is 0 Å². The summed E-state index contributed by atoms with van der Waals surface area (Å²) in [6, 6.07) is 7.52. The van der Waals surface area contributed by atoms with Crippen LogP contribution in [0.2, 0.25) is 0 Å². The van der Waals surface area contributed by atoms with Crippen LogP contribution >= 0.6 is 0 Å². The SMILES string of the molecule is C=CCn1c(O)c([C@@H]2c3[nH]c4ccccc4c3CCN2C)c(=O)[nH]c1=O. The smallest absolute Gasteiger partial charge is 0.331 e. The molecule has 3 aromatic rings. The fraction of sp³-hybridized carbons (Fsp3) is 0.263. The van der Waals surface area contributed by atoms with Crippen molar-refractivity contribution in [2.24, 2.45) is 0 Å². The fourth-order valence-corrected chi connectivity index (χ4v) is 3.85. The number of aromatic hydroxyl groups is 1. The molecule has 3 N–H and O–H groups in total. The number of allylic oxidation sites excluding steroid dienone is 1. The Morgan fingerprint density at radius 3 is 2.85 bits per heavy atom. The minimum atomic E-state index is -0.647. The second-order valence-electron chi connectivity index (χ2n) is 6.59. The fourth-order valence-electron chi connectivity index (χ4n) is 3.85. The number of para-hydroxylation sites is 1. The third kappa shape index (κ3) is 2.32. The van der Waals surface area contributed by atoms with Crippen LogP contribution in [0.5, 0.6) is 5.88 Å². The maximum absolute atomic E-state index is 12.6. The van der Waals surface area contributed by atoms with Gasteiger partial charge in [-0.25, -0.2) is 4.79 Å². The Balaban J connectivity index is 2.00. The van der Waals surface area contributed by atoms with Crippen molar-refractivity contribution in [1.29, 1.82) is 0 Å². The Morgan fingerprint density at radius 2 is 2.08 bits per heavy atom. The van der Waals surface area contributed by atoms with Crippen molar-refractivity contribution in [2.75, 3.05) is 13.6 Å². The van der Waals surface area contributed by atoms with Crippen LogP contribution in [0.25, 0.3) is 10.9 Å². The molecule has 1 aliphatic heterocycles. The van der Waals surface area contributed by atoms with Crippen LogP contribution in [0.3, 0.4) is 0 Å². The van der Waals surface area contributed by atoms with Gasteiger partial charge in [0.1, 0.15) is 5.56 Å². The molecule has 1 atom stereocenters. The monoisotopic (exact) mass is 352 g/mol. The third-order valence-electron chi connectivity index (χ3n) is 5.07. The molecule has 0 spiro atoms. The van der Waals surface area contributed by atoms with Gasteiger partial charge in [0.2, 0.25) is 5.88 Å². The van der Waals surface area contributed by atoms with Crippen LogP contribution in [-0.4, -0.2) is 38.1 Å². The van der Waals surface area contributed by atoms with Crippen LogP contribution in [-0.2, 0) is 13.0 Å². The summed E-state index contributed by atoms with van der Waals surface area (Å²) in [7, 11) is 1.90. The Labute approximate surface area is 149 Å². The zero-order valence-corrected chi connectivity index (χ0v) is 14.5. The predicted molar refractivity (Wildman–Crippen MR) is 99.7 cm³/mol. The number of nitrogens with zero attached hydrogens (tertiary/aromatic N) is 2. The minimum absolute atomic E-state index is 0.116. The lowest BCUT2D eigenvalue weighted by molar-refractivity contribution is 0.250. The zero-order chi connectivity index (χ0) is 18.4. The number of aromatic amines is 2. The summed E-state index contributed by atoms with van der Waals surface area (Å²) < 4.78 is 1.12. The predicted octanol–water partition coefficient (Wildman–Crippen LogP) is 1.49. The van der Waals surface area contributed by atoms with Crippen LogP contribution in [0.1, 0.15) is 22.9 Å². The van der Waals surface area contributed by atoms with Gasteiger partial charge >= 0.3 is 5.69 Å². The van der Waals surface area contributed by atoms with Gasteiger partial charge in [-0.05, 0) is 25.1 Å². The number of rotatable bonds is 3. The van der Waals surface area contributed by atoms with Gasteiger partial charge < -0.3 is 10.1 Å². The van der Waals surface area contributed by atoms with Crippen LogP contribution < -0.4 is 11.2 Å². The van der Waals surface area contributed by atoms with Crippen molar-refractivity contribution < 1.29 is 5.11 Å². The summed E-state index contributed by atoms with van der Waals surface area (Å²) in [5, 5.41) is 11.8. The average Bonchev–Trinajstić information content (AvgIpc) is 2.99. The molecule has 26 heavy (non-hydrogen) atoms. The summed E-state index contributed by atoms with van der Waals surface area (Å²) >= 11 is 0. The number of aromatic nitrogens is 3. The van der Waals surface area contributed by atoms with Gasteiger partial charge in [-0.1, -0.05) is 24.3 Å². The number of benzene rings is 1. The molecule has 1 aromatic carbocycles. The van der Waals surface area contributed by atoms with Crippen molar-refractivity contribution in [3.8, 4) is 5.88 Å². The molecule has 0 fully saturated rings. The Morgan fingerprint density at radius 1 is 1.31 bits per heavy atom. The first-order chi connectivity index (χ1) is 12.5. The van der Waals surface area contributed by atoms with Gasteiger partial charge in [0.25, 0.3) is 5.56 Å². The molecule has 3 heterocycles. The maximum Gasteiger partial charge on any atom is 0.331 e. The summed E-state index contributed by atoms with van der Waals surface area (Å²) in [5.74, 6) is -0.318. The van der Waals surface area contributed by atoms with Crippen molar-refractivity contribution in [2.45, 2.75) is 19.0 Å². The van der Waals surface area contributed by atoms with E-state index in [4.69, 9.17) is 0 Å². The molecule has 0 bridgehead atoms. The van der Waals surface area contributed by atoms with E-state index < -0.39 is 17.3 Å². The summed E-state index contributed by atoms with van der Waals surface area (Å²) in [6.07, 6.45) is 2.35. The highest BCUT2D eigenvalue weighted by Gasteiger charge is 2.34. The van der Waals surface area contributed by atoms with Crippen molar-refractivity contribution in [3.63, 3.8) is 0 Å². The Hall–Kier alpha value is -3.06. The first-order valence-corrected chi connectivity index (χ1v) is 8.49. The molecule has 0 saturated heterocycles. The zero-order valence-electron chi connectivity index (χ0n) is 14.5. The van der Waals surface area contributed by atoms with E-state index >= 15 is 0 Å². The molecule has 0 saturated carbocycles. The topological polar surface area (TPSA) is 94.1 Å². The summed E-state index contributed by atoms with van der Waals surface area (Å²) in [5.41, 5.74) is 1.96. The van der Waals surface area contributed by atoms with E-state index in [1.807, 2.05) is 30.1 Å². The number of fused-ring (bicyclic) bond motifs is 3. The molecule has 4 rings (SSSR count). The second-order valence-corrected chi connectivity index (χ2v) is 6.59. The lowest BCUT2D eigenvalue weighted by Crippen LogP contribution is -2.39. The molecule has 1 aliphatic rings. The summed E-state index contributed by atoms with van der Waals surface area (Å²) in [4.78, 5) is 32.3. The van der Waals surface area contributed by atoms with Gasteiger partial charge in [-0.2, -0.15) is 0 Å². The van der Waals surface area contributed by atoms with E-state index in [-0.39, 0.29) is 18.0 Å². The van der Waals surface area contributed by atoms with Gasteiger partial charge in [0, 0.05) is 29.7 Å². The molecule has 7 nitrogen and oxygen atoms in total. The number of hydrogen-bond donors (Lipinski definition) is 3. The highest BCUT2D eigenvalue weighted by atomic mass is 16.3. The summed E-state index contributed by atoms with van der Waals surface area (Å²) in [6.45, 7) is 4.45. The normalized spacial score (nSPS) is 17.3. The number of likely N-dealkylation sites (N-methyl/N-ethyl adjacent to an activating group) is 1. The molecule has 2 aromatic heterocycles. The standard InChI is InChI=1S/C19H20N4O3/c1-3-9-23-18(25)14(17(24)21-19(23)26)16-15-12(8-10-22(16)2)11-6-4-5-7-13(11)20-15/h3-7,16,20,25H,1,8-10H2,2H3,(H,21,24,26)/t16-/m1/s1. The third-order valence-corrected chi connectivity index (χ3v) is 5.07. The highest BCUT2D eigenvalue weighted by molar-refractivity contribution is 5.85. The van der Waals surface area contributed by atoms with Gasteiger partial charge in [-0.15, -0.1) is 6.58 Å². The van der Waals surface area contributed by atoms with Gasteiger partial charge in [0.05, 0.1) is 6.04 Å². The molecular weight excluding hydrogens is 332 g/mol. The first kappa shape index (κ1) is 16.4. The molecule has 7 heteroatoms. The van der Waals surface area contributed by atoms with Crippen LogP contribution in [0.4, 0.5) is 0 Å². The highest BCUT2D eigenvalue weighted by Crippen LogP contribution is 2.38. The quantitative estimate of drug-likeness (QED) is 0.623. The number of H-pyrrole nitrogens is 2. The van der Waals surface area contributed by atoms with E-state index in [1.165, 1.54) is 6.08 Å². The molecular formula is C19H20N4O3. The van der Waals surface area contributed by atoms with E-state index in [0.29, 0.717) is 0 Å². The number of hydrogen-bond acceptors (Lipinski definition) is 4. The van der Waals surface area contributed by atoms with Crippen molar-refractivity contribution >= 4 is 10.9 Å². The lowest BCUT2D eigenvalue weighted by Gasteiger charge is -2.32. The Kier molecular flexibility index (Phi) is 3.81. The molecule has 0 radical (unpaired) electrons. The van der Waals surface area contributed by atoms with E-state index in [0.717, 1.165) is 39.7 Å². The Bertz CT molecular complexity index is 1120. The van der Waals surface area contributed by atoms with Crippen molar-refractivity contribution in [1.82, 2.24) is 19.4 Å². The minimum Gasteiger partial charge on any atom is -0.494 e. The first-order valence-electron chi connectivity index (χ1n) is 8.49. The van der Waals surface area contributed by atoms with Crippen molar-refractivity contribution in [3.05, 3.63) is 74.6 Å². The molecule has 0 unspecified atom stereocenters. The lowest BCUT2D eigenvalue weighted by atomic mass is 9.94.